The smallest absolute Gasteiger partial charge is 0.0129 e. The fourth-order valence-corrected chi connectivity index (χ4v) is 3.05. The minimum absolute atomic E-state index is 0.206. The Morgan fingerprint density at radius 2 is 1.05 bits per heavy atom. The molecule has 0 spiro atoms. The normalized spacial score (nSPS) is 13.7. The summed E-state index contributed by atoms with van der Waals surface area (Å²) < 4.78 is 0. The Balaban J connectivity index is 3.51. The monoisotopic (exact) mass is 274 g/mol. The maximum absolute atomic E-state index is 2.44. The molecule has 0 radical (unpaired) electrons. The summed E-state index contributed by atoms with van der Waals surface area (Å²) in [5, 5.41) is 0. The quantitative estimate of drug-likeness (QED) is 0.573. The van der Waals surface area contributed by atoms with E-state index in [1.165, 1.54) is 22.3 Å². The molecular formula is C20H34. The lowest BCUT2D eigenvalue weighted by Crippen LogP contribution is -2.21. The molecule has 0 amide bonds. The molecule has 1 rings (SSSR count). The third kappa shape index (κ3) is 4.36. The third-order valence-electron chi connectivity index (χ3n) is 3.82. The summed E-state index contributed by atoms with van der Waals surface area (Å²) in [7, 11) is 0. The van der Waals surface area contributed by atoms with Crippen molar-refractivity contribution in [2.24, 2.45) is 5.41 Å². The van der Waals surface area contributed by atoms with Crippen molar-refractivity contribution in [1.29, 1.82) is 0 Å². The number of rotatable bonds is 1. The van der Waals surface area contributed by atoms with E-state index >= 15 is 0 Å². The van der Waals surface area contributed by atoms with Crippen LogP contribution < -0.4 is 0 Å². The van der Waals surface area contributed by atoms with Crippen LogP contribution in [0.2, 0.25) is 0 Å². The van der Waals surface area contributed by atoms with Crippen LogP contribution in [0, 0.1) is 12.3 Å². The molecule has 0 aliphatic carbocycles. The molecule has 0 atom stereocenters. The van der Waals surface area contributed by atoms with E-state index < -0.39 is 0 Å². The van der Waals surface area contributed by atoms with Gasteiger partial charge in [-0.3, -0.25) is 0 Å². The second-order valence-electron chi connectivity index (χ2n) is 9.55. The van der Waals surface area contributed by atoms with Gasteiger partial charge in [-0.25, -0.2) is 0 Å². The van der Waals surface area contributed by atoms with E-state index in [1.807, 2.05) is 0 Å². The fourth-order valence-electron chi connectivity index (χ4n) is 3.05. The van der Waals surface area contributed by atoms with Crippen molar-refractivity contribution >= 4 is 0 Å². The molecule has 0 heterocycles. The highest BCUT2D eigenvalue weighted by Gasteiger charge is 2.25. The predicted molar refractivity (Wildman–Crippen MR) is 91.7 cm³/mol. The highest BCUT2D eigenvalue weighted by Crippen LogP contribution is 2.36. The molecule has 0 bridgehead atoms. The fraction of sp³-hybridized carbons (Fsp3) is 0.700. The number of hydrogen-bond donors (Lipinski definition) is 0. The Hall–Kier alpha value is -0.780. The lowest BCUT2D eigenvalue weighted by molar-refractivity contribution is 0.410. The van der Waals surface area contributed by atoms with Crippen molar-refractivity contribution < 1.29 is 0 Å². The van der Waals surface area contributed by atoms with E-state index in [2.05, 4.69) is 81.4 Å². The van der Waals surface area contributed by atoms with Crippen LogP contribution in [0.3, 0.4) is 0 Å². The van der Waals surface area contributed by atoms with Crippen LogP contribution in [0.1, 0.15) is 84.6 Å². The zero-order valence-electron chi connectivity index (χ0n) is 15.4. The molecule has 0 saturated carbocycles. The van der Waals surface area contributed by atoms with Gasteiger partial charge >= 0.3 is 0 Å². The van der Waals surface area contributed by atoms with Gasteiger partial charge in [-0.1, -0.05) is 74.4 Å². The van der Waals surface area contributed by atoms with Crippen molar-refractivity contribution in [3.63, 3.8) is 0 Å². The van der Waals surface area contributed by atoms with Crippen molar-refractivity contribution in [2.45, 2.75) is 86.5 Å². The summed E-state index contributed by atoms with van der Waals surface area (Å²) in [6.45, 7) is 23.2. The summed E-state index contributed by atoms with van der Waals surface area (Å²) in [5.74, 6) is 0. The molecule has 0 aromatic heterocycles. The zero-order valence-corrected chi connectivity index (χ0v) is 15.4. The van der Waals surface area contributed by atoms with Gasteiger partial charge in [0.1, 0.15) is 0 Å². The van der Waals surface area contributed by atoms with Gasteiger partial charge in [0.2, 0.25) is 0 Å². The highest BCUT2D eigenvalue weighted by atomic mass is 14.3. The summed E-state index contributed by atoms with van der Waals surface area (Å²) in [6.07, 6.45) is 1.14. The zero-order chi connectivity index (χ0) is 15.9. The second kappa shape index (κ2) is 5.20. The molecule has 20 heavy (non-hydrogen) atoms. The highest BCUT2D eigenvalue weighted by molar-refractivity contribution is 5.45. The van der Waals surface area contributed by atoms with Crippen LogP contribution >= 0.6 is 0 Å². The molecule has 114 valence electrons. The average Bonchev–Trinajstić information content (AvgIpc) is 2.14. The molecule has 0 aliphatic rings. The third-order valence-corrected chi connectivity index (χ3v) is 3.82. The first kappa shape index (κ1) is 17.3. The Morgan fingerprint density at radius 3 is 1.30 bits per heavy atom. The molecule has 0 aliphatic heterocycles. The number of benzene rings is 1. The predicted octanol–water partition coefficient (Wildman–Crippen LogP) is 6.18. The van der Waals surface area contributed by atoms with E-state index in [1.54, 1.807) is 0 Å². The molecule has 0 heteroatoms. The Morgan fingerprint density at radius 1 is 0.700 bits per heavy atom. The Kier molecular flexibility index (Phi) is 4.49. The van der Waals surface area contributed by atoms with Crippen LogP contribution in [0.15, 0.2) is 12.1 Å². The van der Waals surface area contributed by atoms with E-state index in [0.29, 0.717) is 5.41 Å². The summed E-state index contributed by atoms with van der Waals surface area (Å²) in [4.78, 5) is 0. The van der Waals surface area contributed by atoms with Gasteiger partial charge in [-0.15, -0.1) is 0 Å². The Bertz CT molecular complexity index is 435. The minimum atomic E-state index is 0.206. The summed E-state index contributed by atoms with van der Waals surface area (Å²) in [6, 6.07) is 4.88. The van der Waals surface area contributed by atoms with E-state index in [0.717, 1.165) is 6.42 Å². The standard InChI is InChI=1S/C20H34/c1-14-16(19(5,6)7)11-15(13-18(2,3)4)12-17(14)20(8,9)10/h11-12H,13H2,1-10H3. The van der Waals surface area contributed by atoms with Crippen molar-refractivity contribution in [3.8, 4) is 0 Å². The van der Waals surface area contributed by atoms with Crippen molar-refractivity contribution in [2.75, 3.05) is 0 Å². The molecule has 0 unspecified atom stereocenters. The van der Waals surface area contributed by atoms with Gasteiger partial charge in [0.05, 0.1) is 0 Å². The lowest BCUT2D eigenvalue weighted by atomic mass is 9.74. The first-order valence-electron chi connectivity index (χ1n) is 7.86. The van der Waals surface area contributed by atoms with Gasteiger partial charge < -0.3 is 0 Å². The maximum Gasteiger partial charge on any atom is -0.0129 e. The van der Waals surface area contributed by atoms with Gasteiger partial charge in [0.15, 0.2) is 0 Å². The van der Waals surface area contributed by atoms with Crippen molar-refractivity contribution in [1.82, 2.24) is 0 Å². The van der Waals surface area contributed by atoms with Crippen LogP contribution in [-0.2, 0) is 17.3 Å². The molecule has 0 nitrogen and oxygen atoms in total. The van der Waals surface area contributed by atoms with Gasteiger partial charge in [0, 0.05) is 0 Å². The van der Waals surface area contributed by atoms with Gasteiger partial charge in [0.25, 0.3) is 0 Å². The SMILES string of the molecule is Cc1c(C(C)(C)C)cc(CC(C)(C)C)cc1C(C)(C)C. The van der Waals surface area contributed by atoms with Crippen LogP contribution in [0.25, 0.3) is 0 Å². The summed E-state index contributed by atoms with van der Waals surface area (Å²) >= 11 is 0. The second-order valence-corrected chi connectivity index (χ2v) is 9.55. The molecule has 1 aromatic rings. The molecule has 0 fully saturated rings. The maximum atomic E-state index is 2.44. The lowest BCUT2D eigenvalue weighted by Gasteiger charge is -2.31. The first-order valence-corrected chi connectivity index (χ1v) is 7.86. The molecule has 0 N–H and O–H groups in total. The average molecular weight is 274 g/mol. The molecule has 0 saturated heterocycles. The first-order chi connectivity index (χ1) is 8.72. The van der Waals surface area contributed by atoms with Gasteiger partial charge in [-0.2, -0.15) is 0 Å². The molecular weight excluding hydrogens is 240 g/mol. The van der Waals surface area contributed by atoms with Gasteiger partial charge in [-0.05, 0) is 51.8 Å². The topological polar surface area (TPSA) is 0 Å². The number of hydrogen-bond acceptors (Lipinski definition) is 0. The van der Waals surface area contributed by atoms with E-state index in [-0.39, 0.29) is 10.8 Å². The largest absolute Gasteiger partial charge is 0.0599 e. The molecule has 1 aromatic carbocycles. The van der Waals surface area contributed by atoms with E-state index in [9.17, 15) is 0 Å². The summed E-state index contributed by atoms with van der Waals surface area (Å²) in [5.41, 5.74) is 6.71. The van der Waals surface area contributed by atoms with Crippen molar-refractivity contribution in [3.05, 3.63) is 34.4 Å². The van der Waals surface area contributed by atoms with E-state index in [4.69, 9.17) is 0 Å². The van der Waals surface area contributed by atoms with Crippen LogP contribution in [-0.4, -0.2) is 0 Å². The van der Waals surface area contributed by atoms with Crippen LogP contribution in [0.4, 0.5) is 0 Å². The Labute approximate surface area is 127 Å². The minimum Gasteiger partial charge on any atom is -0.0599 e. The van der Waals surface area contributed by atoms with Crippen LogP contribution in [0.5, 0.6) is 0 Å².